The molecule has 1 aromatic heterocycles. The molecule has 1 aromatic rings. The molecule has 0 aliphatic carbocycles. The standard InChI is InChI=1S/C14H19ClN2O3/c1-3-4-11-7-10(8-12(15)17-11)14(20)16-9(2)5-6-13(18)19/h7-9H,3-6H2,1-2H3,(H,16,20)(H,18,19). The van der Waals surface area contributed by atoms with Crippen LogP contribution in [0.1, 0.15) is 49.2 Å². The van der Waals surface area contributed by atoms with E-state index < -0.39 is 5.97 Å². The summed E-state index contributed by atoms with van der Waals surface area (Å²) in [5, 5.41) is 11.7. The van der Waals surface area contributed by atoms with Gasteiger partial charge in [-0.25, -0.2) is 4.98 Å². The van der Waals surface area contributed by atoms with Crippen LogP contribution in [-0.4, -0.2) is 28.0 Å². The summed E-state index contributed by atoms with van der Waals surface area (Å²) in [5.74, 6) is -1.13. The third-order valence-corrected chi connectivity index (χ3v) is 2.98. The van der Waals surface area contributed by atoms with Gasteiger partial charge in [0.05, 0.1) is 0 Å². The molecule has 5 nitrogen and oxygen atoms in total. The zero-order valence-corrected chi connectivity index (χ0v) is 12.4. The summed E-state index contributed by atoms with van der Waals surface area (Å²) >= 11 is 5.90. The number of carbonyl (C=O) groups excluding carboxylic acids is 1. The average molecular weight is 299 g/mol. The SMILES string of the molecule is CCCc1cc(C(=O)NC(C)CCC(=O)O)cc(Cl)n1. The second kappa shape index (κ2) is 7.85. The fourth-order valence-corrected chi connectivity index (χ4v) is 2.01. The molecule has 0 fully saturated rings. The van der Waals surface area contributed by atoms with Crippen LogP contribution in [0, 0.1) is 0 Å². The van der Waals surface area contributed by atoms with Crippen molar-refractivity contribution in [2.45, 2.75) is 45.6 Å². The number of carboxylic acid groups (broad SMARTS) is 1. The van der Waals surface area contributed by atoms with Crippen molar-refractivity contribution < 1.29 is 14.7 Å². The number of hydrogen-bond acceptors (Lipinski definition) is 3. The number of hydrogen-bond donors (Lipinski definition) is 2. The molecule has 6 heteroatoms. The predicted molar refractivity (Wildman–Crippen MR) is 77.0 cm³/mol. The van der Waals surface area contributed by atoms with Crippen molar-refractivity contribution in [1.29, 1.82) is 0 Å². The maximum atomic E-state index is 12.1. The van der Waals surface area contributed by atoms with Gasteiger partial charge in [-0.2, -0.15) is 0 Å². The van der Waals surface area contributed by atoms with Crippen LogP contribution in [0.5, 0.6) is 0 Å². The van der Waals surface area contributed by atoms with Gasteiger partial charge in [-0.15, -0.1) is 0 Å². The number of rotatable bonds is 7. The van der Waals surface area contributed by atoms with Crippen LogP contribution >= 0.6 is 11.6 Å². The monoisotopic (exact) mass is 298 g/mol. The summed E-state index contributed by atoms with van der Waals surface area (Å²) in [6.07, 6.45) is 2.10. The van der Waals surface area contributed by atoms with Crippen LogP contribution in [-0.2, 0) is 11.2 Å². The number of carbonyl (C=O) groups is 2. The molecule has 0 saturated carbocycles. The highest BCUT2D eigenvalue weighted by molar-refractivity contribution is 6.29. The molecule has 0 aliphatic heterocycles. The lowest BCUT2D eigenvalue weighted by Gasteiger charge is -2.13. The second-order valence-corrected chi connectivity index (χ2v) is 5.11. The Morgan fingerprint density at radius 1 is 1.45 bits per heavy atom. The number of nitrogens with one attached hydrogen (secondary N) is 1. The molecule has 110 valence electrons. The summed E-state index contributed by atoms with van der Waals surface area (Å²) in [6.45, 7) is 3.80. The van der Waals surface area contributed by atoms with Gasteiger partial charge in [0.25, 0.3) is 5.91 Å². The molecule has 1 atom stereocenters. The molecule has 0 saturated heterocycles. The number of aromatic nitrogens is 1. The van der Waals surface area contributed by atoms with Crippen LogP contribution in [0.4, 0.5) is 0 Å². The lowest BCUT2D eigenvalue weighted by atomic mass is 10.1. The smallest absolute Gasteiger partial charge is 0.303 e. The number of halogens is 1. The van der Waals surface area contributed by atoms with Crippen LogP contribution in [0.25, 0.3) is 0 Å². The fourth-order valence-electron chi connectivity index (χ4n) is 1.79. The van der Waals surface area contributed by atoms with Crippen molar-refractivity contribution >= 4 is 23.5 Å². The Balaban J connectivity index is 2.69. The number of aryl methyl sites for hydroxylation is 1. The van der Waals surface area contributed by atoms with Gasteiger partial charge in [0.2, 0.25) is 0 Å². The number of amides is 1. The van der Waals surface area contributed by atoms with Crippen molar-refractivity contribution in [3.63, 3.8) is 0 Å². The van der Waals surface area contributed by atoms with Gasteiger partial charge >= 0.3 is 5.97 Å². The van der Waals surface area contributed by atoms with Gasteiger partial charge in [0.15, 0.2) is 0 Å². The maximum Gasteiger partial charge on any atom is 0.303 e. The van der Waals surface area contributed by atoms with Crippen LogP contribution in [0.15, 0.2) is 12.1 Å². The van der Waals surface area contributed by atoms with Gasteiger partial charge in [-0.05, 0) is 31.9 Å². The highest BCUT2D eigenvalue weighted by Gasteiger charge is 2.13. The van der Waals surface area contributed by atoms with E-state index in [1.165, 1.54) is 6.07 Å². The molecular weight excluding hydrogens is 280 g/mol. The Morgan fingerprint density at radius 3 is 2.75 bits per heavy atom. The number of carboxylic acids is 1. The van der Waals surface area contributed by atoms with E-state index in [0.717, 1.165) is 18.5 Å². The normalized spacial score (nSPS) is 11.9. The molecule has 1 heterocycles. The molecule has 0 radical (unpaired) electrons. The highest BCUT2D eigenvalue weighted by atomic mass is 35.5. The molecule has 2 N–H and O–H groups in total. The van der Waals surface area contributed by atoms with E-state index in [2.05, 4.69) is 10.3 Å². The minimum absolute atomic E-state index is 0.0274. The highest BCUT2D eigenvalue weighted by Crippen LogP contribution is 2.13. The average Bonchev–Trinajstić information content (AvgIpc) is 2.36. The molecular formula is C14H19ClN2O3. The zero-order chi connectivity index (χ0) is 15.1. The lowest BCUT2D eigenvalue weighted by Crippen LogP contribution is -2.33. The van der Waals surface area contributed by atoms with Crippen LogP contribution in [0.2, 0.25) is 5.15 Å². The molecule has 20 heavy (non-hydrogen) atoms. The van der Waals surface area contributed by atoms with Gasteiger partial charge in [-0.1, -0.05) is 24.9 Å². The molecule has 0 spiro atoms. The molecule has 1 unspecified atom stereocenters. The van der Waals surface area contributed by atoms with Gasteiger partial charge in [0, 0.05) is 23.7 Å². The number of aliphatic carboxylic acids is 1. The van der Waals surface area contributed by atoms with Crippen molar-refractivity contribution in [1.82, 2.24) is 10.3 Å². The van der Waals surface area contributed by atoms with Crippen LogP contribution in [0.3, 0.4) is 0 Å². The first kappa shape index (κ1) is 16.4. The summed E-state index contributed by atoms with van der Waals surface area (Å²) < 4.78 is 0. The van der Waals surface area contributed by atoms with Crippen molar-refractivity contribution in [2.24, 2.45) is 0 Å². The minimum Gasteiger partial charge on any atom is -0.481 e. The van der Waals surface area contributed by atoms with Crippen molar-refractivity contribution in [2.75, 3.05) is 0 Å². The first-order chi connectivity index (χ1) is 9.42. The molecule has 1 rings (SSSR count). The lowest BCUT2D eigenvalue weighted by molar-refractivity contribution is -0.137. The van der Waals surface area contributed by atoms with E-state index in [-0.39, 0.29) is 18.4 Å². The maximum absolute atomic E-state index is 12.1. The van der Waals surface area contributed by atoms with E-state index in [1.807, 2.05) is 6.92 Å². The van der Waals surface area contributed by atoms with Crippen LogP contribution < -0.4 is 5.32 Å². The molecule has 0 aliphatic rings. The van der Waals surface area contributed by atoms with Crippen molar-refractivity contribution in [3.05, 3.63) is 28.5 Å². The van der Waals surface area contributed by atoms with E-state index in [9.17, 15) is 9.59 Å². The summed E-state index contributed by atoms with van der Waals surface area (Å²) in [5.41, 5.74) is 1.24. The topological polar surface area (TPSA) is 79.3 Å². The largest absolute Gasteiger partial charge is 0.481 e. The number of pyridine rings is 1. The molecule has 0 aromatic carbocycles. The molecule has 1 amide bonds. The van der Waals surface area contributed by atoms with E-state index in [0.29, 0.717) is 17.1 Å². The second-order valence-electron chi connectivity index (χ2n) is 4.73. The Labute approximate surface area is 123 Å². The first-order valence-electron chi connectivity index (χ1n) is 6.61. The van der Waals surface area contributed by atoms with Gasteiger partial charge in [0.1, 0.15) is 5.15 Å². The quantitative estimate of drug-likeness (QED) is 0.759. The Morgan fingerprint density at radius 2 is 2.15 bits per heavy atom. The van der Waals surface area contributed by atoms with E-state index in [1.54, 1.807) is 13.0 Å². The third kappa shape index (κ3) is 5.57. The Kier molecular flexibility index (Phi) is 6.45. The first-order valence-corrected chi connectivity index (χ1v) is 6.99. The number of nitrogens with zero attached hydrogens (tertiary/aromatic N) is 1. The van der Waals surface area contributed by atoms with E-state index in [4.69, 9.17) is 16.7 Å². The Hall–Kier alpha value is -1.62. The van der Waals surface area contributed by atoms with Crippen molar-refractivity contribution in [3.8, 4) is 0 Å². The van der Waals surface area contributed by atoms with Gasteiger partial charge in [-0.3, -0.25) is 9.59 Å². The fraction of sp³-hybridized carbons (Fsp3) is 0.500. The van der Waals surface area contributed by atoms with Gasteiger partial charge < -0.3 is 10.4 Å². The minimum atomic E-state index is -0.872. The summed E-state index contributed by atoms with van der Waals surface area (Å²) in [6, 6.07) is 3.02. The predicted octanol–water partition coefficient (Wildman–Crippen LogP) is 2.67. The van der Waals surface area contributed by atoms with E-state index >= 15 is 0 Å². The zero-order valence-electron chi connectivity index (χ0n) is 11.6. The summed E-state index contributed by atoms with van der Waals surface area (Å²) in [7, 11) is 0. The molecule has 0 bridgehead atoms. The third-order valence-electron chi connectivity index (χ3n) is 2.78. The Bertz CT molecular complexity index is 491. The summed E-state index contributed by atoms with van der Waals surface area (Å²) in [4.78, 5) is 26.7.